The van der Waals surface area contributed by atoms with E-state index in [0.29, 0.717) is 6.54 Å². The highest BCUT2D eigenvalue weighted by Gasteiger charge is 2.08. The van der Waals surface area contributed by atoms with Crippen molar-refractivity contribution < 1.29 is 4.79 Å². The molecule has 1 N–H and O–H groups in total. The van der Waals surface area contributed by atoms with E-state index in [9.17, 15) is 4.79 Å². The van der Waals surface area contributed by atoms with Crippen molar-refractivity contribution in [3.05, 3.63) is 65.5 Å². The first-order valence-electron chi connectivity index (χ1n) is 7.36. The Morgan fingerprint density at radius 3 is 2.64 bits per heavy atom. The molecule has 3 rings (SSSR count). The molecule has 0 aliphatic carbocycles. The molecule has 112 valence electrons. The van der Waals surface area contributed by atoms with Crippen LogP contribution in [0.4, 0.5) is 0 Å². The summed E-state index contributed by atoms with van der Waals surface area (Å²) in [4.78, 5) is 16.5. The van der Waals surface area contributed by atoms with E-state index in [4.69, 9.17) is 0 Å². The van der Waals surface area contributed by atoms with Gasteiger partial charge in [0.15, 0.2) is 0 Å². The first-order chi connectivity index (χ1) is 10.6. The molecule has 22 heavy (non-hydrogen) atoms. The monoisotopic (exact) mass is 293 g/mol. The van der Waals surface area contributed by atoms with E-state index in [0.717, 1.165) is 16.6 Å². The van der Waals surface area contributed by atoms with E-state index in [1.54, 1.807) is 6.33 Å². The number of aromatic nitrogens is 2. The summed E-state index contributed by atoms with van der Waals surface area (Å²) < 4.78 is 1.89. The molecule has 0 saturated heterocycles. The summed E-state index contributed by atoms with van der Waals surface area (Å²) in [6.07, 6.45) is 1.73. The van der Waals surface area contributed by atoms with Gasteiger partial charge in [0.25, 0.3) is 0 Å². The van der Waals surface area contributed by atoms with Crippen molar-refractivity contribution in [2.75, 3.05) is 0 Å². The van der Waals surface area contributed by atoms with Crippen molar-refractivity contribution in [1.29, 1.82) is 0 Å². The molecule has 0 aliphatic heterocycles. The predicted molar refractivity (Wildman–Crippen MR) is 87.5 cm³/mol. The van der Waals surface area contributed by atoms with Crippen LogP contribution in [0, 0.1) is 13.8 Å². The number of fused-ring (bicyclic) bond motifs is 1. The Kier molecular flexibility index (Phi) is 3.92. The van der Waals surface area contributed by atoms with Gasteiger partial charge in [0.2, 0.25) is 5.91 Å². The summed E-state index contributed by atoms with van der Waals surface area (Å²) in [6.45, 7) is 4.97. The molecular formula is C18H19N3O. The number of nitrogens with one attached hydrogen (secondary N) is 1. The standard InChI is InChI=1S/C18H19N3O/c1-13-8-16-17(9-14(13)2)21(12-20-16)11-18(22)19-10-15-6-4-3-5-7-15/h3-9,12H,10-11H2,1-2H3,(H,19,22). The van der Waals surface area contributed by atoms with E-state index >= 15 is 0 Å². The molecule has 4 heteroatoms. The SMILES string of the molecule is Cc1cc2ncn(CC(=O)NCc3ccccc3)c2cc1C. The van der Waals surface area contributed by atoms with Crippen molar-refractivity contribution in [3.8, 4) is 0 Å². The second-order valence-electron chi connectivity index (χ2n) is 5.56. The van der Waals surface area contributed by atoms with Crippen molar-refractivity contribution in [1.82, 2.24) is 14.9 Å². The van der Waals surface area contributed by atoms with Crippen LogP contribution in [0.3, 0.4) is 0 Å². The van der Waals surface area contributed by atoms with Gasteiger partial charge in [-0.2, -0.15) is 0 Å². The number of nitrogens with zero attached hydrogens (tertiary/aromatic N) is 2. The summed E-state index contributed by atoms with van der Waals surface area (Å²) in [5.41, 5.74) is 5.44. The second kappa shape index (κ2) is 6.02. The van der Waals surface area contributed by atoms with Gasteiger partial charge in [-0.15, -0.1) is 0 Å². The van der Waals surface area contributed by atoms with Crippen LogP contribution in [0.1, 0.15) is 16.7 Å². The fourth-order valence-corrected chi connectivity index (χ4v) is 2.45. The van der Waals surface area contributed by atoms with Crippen molar-refractivity contribution in [2.24, 2.45) is 0 Å². The Labute approximate surface area is 129 Å². The van der Waals surface area contributed by atoms with Crippen LogP contribution in [0.5, 0.6) is 0 Å². The van der Waals surface area contributed by atoms with Crippen molar-refractivity contribution in [2.45, 2.75) is 26.9 Å². The molecule has 0 bridgehead atoms. The number of benzene rings is 2. The molecule has 1 heterocycles. The molecule has 0 radical (unpaired) electrons. The van der Waals surface area contributed by atoms with E-state index in [1.165, 1.54) is 11.1 Å². The highest BCUT2D eigenvalue weighted by Crippen LogP contribution is 2.18. The molecule has 0 spiro atoms. The second-order valence-corrected chi connectivity index (χ2v) is 5.56. The Morgan fingerprint density at radius 2 is 1.86 bits per heavy atom. The zero-order valence-electron chi connectivity index (χ0n) is 12.8. The topological polar surface area (TPSA) is 46.9 Å². The van der Waals surface area contributed by atoms with Gasteiger partial charge in [-0.1, -0.05) is 30.3 Å². The number of aryl methyl sites for hydroxylation is 2. The van der Waals surface area contributed by atoms with E-state index in [1.807, 2.05) is 34.9 Å². The fourth-order valence-electron chi connectivity index (χ4n) is 2.45. The summed E-state index contributed by atoms with van der Waals surface area (Å²) in [7, 11) is 0. The van der Waals surface area contributed by atoms with Gasteiger partial charge in [0.05, 0.1) is 17.4 Å². The molecule has 0 saturated carbocycles. The van der Waals surface area contributed by atoms with Gasteiger partial charge in [0.1, 0.15) is 6.54 Å². The van der Waals surface area contributed by atoms with Crippen LogP contribution in [0.25, 0.3) is 11.0 Å². The van der Waals surface area contributed by atoms with E-state index in [2.05, 4.69) is 36.3 Å². The lowest BCUT2D eigenvalue weighted by Crippen LogP contribution is -2.26. The molecular weight excluding hydrogens is 274 g/mol. The van der Waals surface area contributed by atoms with Gasteiger partial charge >= 0.3 is 0 Å². The van der Waals surface area contributed by atoms with E-state index in [-0.39, 0.29) is 12.5 Å². The summed E-state index contributed by atoms with van der Waals surface area (Å²) in [5, 5.41) is 2.94. The lowest BCUT2D eigenvalue weighted by molar-refractivity contribution is -0.121. The smallest absolute Gasteiger partial charge is 0.240 e. The quantitative estimate of drug-likeness (QED) is 0.804. The number of hydrogen-bond donors (Lipinski definition) is 1. The third kappa shape index (κ3) is 3.01. The minimum Gasteiger partial charge on any atom is -0.350 e. The maximum atomic E-state index is 12.1. The number of carbonyl (C=O) groups excluding carboxylic acids is 1. The Hall–Kier alpha value is -2.62. The number of rotatable bonds is 4. The van der Waals surface area contributed by atoms with Crippen LogP contribution < -0.4 is 5.32 Å². The lowest BCUT2D eigenvalue weighted by atomic mass is 10.1. The zero-order chi connectivity index (χ0) is 15.5. The third-order valence-corrected chi connectivity index (χ3v) is 3.88. The largest absolute Gasteiger partial charge is 0.350 e. The summed E-state index contributed by atoms with van der Waals surface area (Å²) in [5.74, 6) is -0.0126. The first-order valence-corrected chi connectivity index (χ1v) is 7.36. The number of amides is 1. The van der Waals surface area contributed by atoms with Gasteiger partial charge in [0, 0.05) is 6.54 Å². The number of carbonyl (C=O) groups is 1. The Morgan fingerprint density at radius 1 is 1.14 bits per heavy atom. The molecule has 3 aromatic rings. The number of hydrogen-bond acceptors (Lipinski definition) is 2. The Balaban J connectivity index is 1.70. The van der Waals surface area contributed by atoms with Gasteiger partial charge in [-0.25, -0.2) is 4.98 Å². The normalized spacial score (nSPS) is 10.8. The lowest BCUT2D eigenvalue weighted by Gasteiger charge is -2.08. The molecule has 0 aliphatic rings. The van der Waals surface area contributed by atoms with Crippen molar-refractivity contribution >= 4 is 16.9 Å². The van der Waals surface area contributed by atoms with Gasteiger partial charge in [-0.05, 0) is 42.7 Å². The van der Waals surface area contributed by atoms with Crippen molar-refractivity contribution in [3.63, 3.8) is 0 Å². The van der Waals surface area contributed by atoms with Crippen LogP contribution in [0.2, 0.25) is 0 Å². The van der Waals surface area contributed by atoms with Crippen LogP contribution >= 0.6 is 0 Å². The molecule has 0 atom stereocenters. The third-order valence-electron chi connectivity index (χ3n) is 3.88. The van der Waals surface area contributed by atoms with Crippen LogP contribution in [0.15, 0.2) is 48.8 Å². The van der Waals surface area contributed by atoms with E-state index < -0.39 is 0 Å². The molecule has 1 amide bonds. The maximum Gasteiger partial charge on any atom is 0.240 e. The van der Waals surface area contributed by atoms with Crippen LogP contribution in [-0.2, 0) is 17.9 Å². The minimum absolute atomic E-state index is 0.0126. The van der Waals surface area contributed by atoms with Crippen LogP contribution in [-0.4, -0.2) is 15.5 Å². The first kappa shape index (κ1) is 14.3. The molecule has 2 aromatic carbocycles. The summed E-state index contributed by atoms with van der Waals surface area (Å²) >= 11 is 0. The van der Waals surface area contributed by atoms with Gasteiger partial charge < -0.3 is 9.88 Å². The van der Waals surface area contributed by atoms with Gasteiger partial charge in [-0.3, -0.25) is 4.79 Å². The molecule has 0 unspecified atom stereocenters. The molecule has 1 aromatic heterocycles. The predicted octanol–water partition coefficient (Wildman–Crippen LogP) is 2.97. The highest BCUT2D eigenvalue weighted by atomic mass is 16.1. The minimum atomic E-state index is -0.0126. The number of imidazole rings is 1. The maximum absolute atomic E-state index is 12.1. The average Bonchev–Trinajstić information content (AvgIpc) is 2.89. The summed E-state index contributed by atoms with van der Waals surface area (Å²) in [6, 6.07) is 14.0. The Bertz CT molecular complexity index is 806. The average molecular weight is 293 g/mol. The fraction of sp³-hybridized carbons (Fsp3) is 0.222. The highest BCUT2D eigenvalue weighted by molar-refractivity contribution is 5.81. The zero-order valence-corrected chi connectivity index (χ0v) is 12.8. The molecule has 0 fully saturated rings. The molecule has 4 nitrogen and oxygen atoms in total.